The highest BCUT2D eigenvalue weighted by Gasteiger charge is 2.12. The molecule has 0 saturated carbocycles. The first-order chi connectivity index (χ1) is 8.56. The van der Waals surface area contributed by atoms with Crippen molar-refractivity contribution in [2.75, 3.05) is 0 Å². The van der Waals surface area contributed by atoms with E-state index in [1.54, 1.807) is 10.1 Å². The molecule has 2 rings (SSSR count). The van der Waals surface area contributed by atoms with Crippen LogP contribution in [-0.2, 0) is 13.6 Å². The molecule has 0 aliphatic carbocycles. The number of hydrogen-bond donors (Lipinski definition) is 2. The number of thiazole rings is 1. The van der Waals surface area contributed by atoms with Gasteiger partial charge in [-0.05, 0) is 13.0 Å². The largest absolute Gasteiger partial charge is 0.345 e. The zero-order valence-electron chi connectivity index (χ0n) is 10.3. The van der Waals surface area contributed by atoms with Crippen LogP contribution in [0, 0.1) is 0 Å². The van der Waals surface area contributed by atoms with Crippen LogP contribution >= 0.6 is 11.3 Å². The highest BCUT2D eigenvalue weighted by atomic mass is 32.1. The summed E-state index contributed by atoms with van der Waals surface area (Å²) in [6.45, 7) is 2.24. The van der Waals surface area contributed by atoms with E-state index in [2.05, 4.69) is 15.4 Å². The van der Waals surface area contributed by atoms with Crippen molar-refractivity contribution in [3.63, 3.8) is 0 Å². The van der Waals surface area contributed by atoms with Gasteiger partial charge < -0.3 is 11.1 Å². The van der Waals surface area contributed by atoms with Crippen LogP contribution in [0.3, 0.4) is 0 Å². The second kappa shape index (κ2) is 5.28. The van der Waals surface area contributed by atoms with E-state index < -0.39 is 0 Å². The topological polar surface area (TPSA) is 85.8 Å². The molecule has 0 spiro atoms. The smallest absolute Gasteiger partial charge is 0.271 e. The first-order valence-electron chi connectivity index (χ1n) is 5.54. The first-order valence-corrected chi connectivity index (χ1v) is 6.42. The normalized spacial score (nSPS) is 12.4. The Morgan fingerprint density at radius 1 is 1.67 bits per heavy atom. The Hall–Kier alpha value is -1.73. The number of hydrogen-bond acceptors (Lipinski definition) is 5. The Morgan fingerprint density at radius 2 is 2.44 bits per heavy atom. The van der Waals surface area contributed by atoms with E-state index in [-0.39, 0.29) is 11.9 Å². The van der Waals surface area contributed by atoms with Crippen LogP contribution in [0.1, 0.15) is 34.2 Å². The van der Waals surface area contributed by atoms with E-state index in [1.807, 2.05) is 26.2 Å². The number of nitrogens with zero attached hydrogens (tertiary/aromatic N) is 3. The van der Waals surface area contributed by atoms with Gasteiger partial charge in [-0.3, -0.25) is 9.48 Å². The summed E-state index contributed by atoms with van der Waals surface area (Å²) in [6, 6.07) is 1.71. The molecule has 0 fully saturated rings. The van der Waals surface area contributed by atoms with E-state index in [0.29, 0.717) is 12.2 Å². The van der Waals surface area contributed by atoms with Crippen molar-refractivity contribution in [3.05, 3.63) is 34.0 Å². The second-order valence-corrected chi connectivity index (χ2v) is 4.91. The molecule has 6 nitrogen and oxygen atoms in total. The van der Waals surface area contributed by atoms with Gasteiger partial charge in [-0.2, -0.15) is 5.10 Å². The van der Waals surface area contributed by atoms with Gasteiger partial charge in [0, 0.05) is 18.6 Å². The van der Waals surface area contributed by atoms with Crippen LogP contribution in [0.4, 0.5) is 0 Å². The summed E-state index contributed by atoms with van der Waals surface area (Å²) >= 11 is 1.40. The summed E-state index contributed by atoms with van der Waals surface area (Å²) in [5.74, 6) is -0.205. The minimum atomic E-state index is -0.205. The quantitative estimate of drug-likeness (QED) is 0.857. The maximum atomic E-state index is 11.8. The summed E-state index contributed by atoms with van der Waals surface area (Å²) in [5.41, 5.74) is 6.92. The molecule has 7 heteroatoms. The molecule has 1 atom stereocenters. The van der Waals surface area contributed by atoms with Crippen LogP contribution in [0.15, 0.2) is 17.6 Å². The van der Waals surface area contributed by atoms with Crippen LogP contribution in [0.2, 0.25) is 0 Å². The molecular formula is C11H15N5OS. The molecule has 96 valence electrons. The third kappa shape index (κ3) is 2.93. The van der Waals surface area contributed by atoms with E-state index in [9.17, 15) is 4.79 Å². The molecule has 0 aliphatic rings. The molecule has 0 aliphatic heterocycles. The highest BCUT2D eigenvalue weighted by molar-refractivity contribution is 7.09. The van der Waals surface area contributed by atoms with E-state index in [1.165, 1.54) is 11.3 Å². The lowest BCUT2D eigenvalue weighted by Gasteiger charge is -2.00. The van der Waals surface area contributed by atoms with Crippen molar-refractivity contribution in [1.29, 1.82) is 0 Å². The molecule has 0 radical (unpaired) electrons. The first kappa shape index (κ1) is 12.7. The zero-order valence-corrected chi connectivity index (χ0v) is 11.1. The van der Waals surface area contributed by atoms with Gasteiger partial charge in [0.25, 0.3) is 5.91 Å². The Kier molecular flexibility index (Phi) is 3.73. The van der Waals surface area contributed by atoms with Gasteiger partial charge in [-0.25, -0.2) is 4.98 Å². The van der Waals surface area contributed by atoms with Gasteiger partial charge in [-0.1, -0.05) is 0 Å². The molecule has 1 unspecified atom stereocenters. The van der Waals surface area contributed by atoms with E-state index in [0.717, 1.165) is 10.7 Å². The lowest BCUT2D eigenvalue weighted by atomic mass is 10.3. The third-order valence-corrected chi connectivity index (χ3v) is 3.39. The number of aromatic nitrogens is 3. The Labute approximate surface area is 109 Å². The standard InChI is InChI=1S/C11H15N5OS/c1-7(12)11-14-9(6-18-11)10(17)13-5-8-3-4-16(2)15-8/h3-4,6-7H,5,12H2,1-2H3,(H,13,17). The molecule has 18 heavy (non-hydrogen) atoms. The maximum absolute atomic E-state index is 11.8. The predicted octanol–water partition coefficient (Wildman–Crippen LogP) is 0.826. The monoisotopic (exact) mass is 265 g/mol. The summed E-state index contributed by atoms with van der Waals surface area (Å²) in [5, 5.41) is 9.42. The van der Waals surface area contributed by atoms with Crippen molar-refractivity contribution >= 4 is 17.2 Å². The number of carbonyl (C=O) groups excluding carboxylic acids is 1. The number of aryl methyl sites for hydroxylation is 1. The fourth-order valence-corrected chi connectivity index (χ4v) is 2.18. The summed E-state index contributed by atoms with van der Waals surface area (Å²) < 4.78 is 1.69. The molecule has 3 N–H and O–H groups in total. The van der Waals surface area contributed by atoms with Gasteiger partial charge in [0.15, 0.2) is 0 Å². The molecule has 2 aromatic rings. The number of rotatable bonds is 4. The Balaban J connectivity index is 1.95. The molecule has 0 saturated heterocycles. The SMILES string of the molecule is CC(N)c1nc(C(=O)NCc2ccn(C)n2)cs1. The lowest BCUT2D eigenvalue weighted by Crippen LogP contribution is -2.23. The van der Waals surface area contributed by atoms with Gasteiger partial charge >= 0.3 is 0 Å². The van der Waals surface area contributed by atoms with Gasteiger partial charge in [-0.15, -0.1) is 11.3 Å². The molecule has 2 aromatic heterocycles. The van der Waals surface area contributed by atoms with Gasteiger partial charge in [0.1, 0.15) is 10.7 Å². The molecule has 0 aromatic carbocycles. The zero-order chi connectivity index (χ0) is 13.1. The number of carbonyl (C=O) groups is 1. The van der Waals surface area contributed by atoms with Gasteiger partial charge in [0.2, 0.25) is 0 Å². The Morgan fingerprint density at radius 3 is 3.00 bits per heavy atom. The van der Waals surface area contributed by atoms with Crippen molar-refractivity contribution in [2.24, 2.45) is 12.8 Å². The average molecular weight is 265 g/mol. The van der Waals surface area contributed by atoms with Crippen molar-refractivity contribution in [1.82, 2.24) is 20.1 Å². The summed E-state index contributed by atoms with van der Waals surface area (Å²) in [4.78, 5) is 16.0. The molecular weight excluding hydrogens is 250 g/mol. The van der Waals surface area contributed by atoms with Crippen LogP contribution < -0.4 is 11.1 Å². The maximum Gasteiger partial charge on any atom is 0.271 e. The number of amides is 1. The van der Waals surface area contributed by atoms with Crippen molar-refractivity contribution in [3.8, 4) is 0 Å². The number of nitrogens with one attached hydrogen (secondary N) is 1. The fraction of sp³-hybridized carbons (Fsp3) is 0.364. The van der Waals surface area contributed by atoms with Crippen molar-refractivity contribution < 1.29 is 4.79 Å². The van der Waals surface area contributed by atoms with Crippen LogP contribution in [-0.4, -0.2) is 20.7 Å². The van der Waals surface area contributed by atoms with E-state index >= 15 is 0 Å². The van der Waals surface area contributed by atoms with Crippen molar-refractivity contribution in [2.45, 2.75) is 19.5 Å². The minimum absolute atomic E-state index is 0.146. The fourth-order valence-electron chi connectivity index (χ4n) is 1.42. The average Bonchev–Trinajstić information content (AvgIpc) is 2.94. The predicted molar refractivity (Wildman–Crippen MR) is 69.1 cm³/mol. The van der Waals surface area contributed by atoms with E-state index in [4.69, 9.17) is 5.73 Å². The number of nitrogens with two attached hydrogens (primary N) is 1. The summed E-state index contributed by atoms with van der Waals surface area (Å²) in [7, 11) is 1.83. The summed E-state index contributed by atoms with van der Waals surface area (Å²) in [6.07, 6.45) is 1.83. The van der Waals surface area contributed by atoms with Gasteiger partial charge in [0.05, 0.1) is 18.3 Å². The molecule has 1 amide bonds. The minimum Gasteiger partial charge on any atom is -0.345 e. The second-order valence-electron chi connectivity index (χ2n) is 4.02. The lowest BCUT2D eigenvalue weighted by molar-refractivity contribution is 0.0946. The highest BCUT2D eigenvalue weighted by Crippen LogP contribution is 2.15. The molecule has 2 heterocycles. The van der Waals surface area contributed by atoms with Crippen LogP contribution in [0.25, 0.3) is 0 Å². The third-order valence-electron chi connectivity index (χ3n) is 2.34. The Bertz CT molecular complexity index is 545. The molecule has 0 bridgehead atoms. The van der Waals surface area contributed by atoms with Crippen LogP contribution in [0.5, 0.6) is 0 Å².